The molecule has 8 nitrogen and oxygen atoms in total. The molecule has 42 heavy (non-hydrogen) atoms. The van der Waals surface area contributed by atoms with Crippen molar-refractivity contribution in [2.75, 3.05) is 9.80 Å². The van der Waals surface area contributed by atoms with E-state index < -0.39 is 29.3 Å². The smallest absolute Gasteiger partial charge is 0.217 e. The Labute approximate surface area is 249 Å². The summed E-state index contributed by atoms with van der Waals surface area (Å²) in [7, 11) is 0. The molecule has 1 amide bonds. The molecule has 11 heteroatoms. The lowest BCUT2D eigenvalue weighted by Crippen LogP contribution is -2.46. The predicted molar refractivity (Wildman–Crippen MR) is 155 cm³/mol. The Bertz CT molecular complexity index is 1790. The van der Waals surface area contributed by atoms with Gasteiger partial charge in [0.1, 0.15) is 40.5 Å². The lowest BCUT2D eigenvalue weighted by Gasteiger charge is -2.35. The van der Waals surface area contributed by atoms with E-state index in [0.717, 1.165) is 12.1 Å². The molecule has 0 atom stereocenters. The van der Waals surface area contributed by atoms with Crippen molar-refractivity contribution in [3.8, 4) is 0 Å². The summed E-state index contributed by atoms with van der Waals surface area (Å²) in [6.45, 7) is 5.41. The highest BCUT2D eigenvalue weighted by molar-refractivity contribution is 6.33. The highest BCUT2D eigenvalue weighted by Gasteiger charge is 2.33. The summed E-state index contributed by atoms with van der Waals surface area (Å²) in [5.41, 5.74) is 0.230. The first kappa shape index (κ1) is 27.4. The Morgan fingerprint density at radius 1 is 1.19 bits per heavy atom. The fraction of sp³-hybridized carbons (Fsp3) is 0.226. The quantitative estimate of drug-likeness (QED) is 0.413. The summed E-state index contributed by atoms with van der Waals surface area (Å²) < 4.78 is 49.8. The zero-order valence-corrected chi connectivity index (χ0v) is 24.1. The second-order valence-corrected chi connectivity index (χ2v) is 10.3. The largest absolute Gasteiger partial charge is 0.487 e. The van der Waals surface area contributed by atoms with Crippen LogP contribution in [0.5, 0.6) is 0 Å². The van der Waals surface area contributed by atoms with Crippen LogP contribution in [0.1, 0.15) is 41.6 Å². The first-order chi connectivity index (χ1) is 20.6. The van der Waals surface area contributed by atoms with Crippen LogP contribution in [0.2, 0.25) is 0 Å². The van der Waals surface area contributed by atoms with Gasteiger partial charge in [-0.15, -0.1) is 0 Å². The standard InChI is InChI=1S/C31H27ClF2N4O4/c1-18-14-35-29(37-10-6-7-23(26(37)15-39)31(4,5)36-20(3)41)13-25(18)38-19(2)11-28(30(32)27(38)16-40)42-17-21-8-9-22(33)12-24(21)34/h6-14H,17H2,1-5H3,(H,36,41)/i17D2. The normalized spacial score (nSPS) is 16.3. The minimum atomic E-state index is -2.78. The zero-order valence-electron chi connectivity index (χ0n) is 25.3. The SMILES string of the molecule is [2H]C([2H])(OC1=C(Cl)C(=C=O)N(c2cc(N3C=CC=C(C(C)(C)NC(C)=O)C3=C=O)ncc2C)C(C)=C1)c1ccc(F)cc1F. The number of anilines is 2. The number of ether oxygens (including phenoxy) is 1. The van der Waals surface area contributed by atoms with E-state index in [-0.39, 0.29) is 33.9 Å². The van der Waals surface area contributed by atoms with Crippen molar-refractivity contribution in [1.82, 2.24) is 10.3 Å². The van der Waals surface area contributed by atoms with E-state index >= 15 is 0 Å². The third-order valence-corrected chi connectivity index (χ3v) is 6.81. The number of rotatable bonds is 7. The van der Waals surface area contributed by atoms with Gasteiger partial charge in [-0.1, -0.05) is 17.7 Å². The van der Waals surface area contributed by atoms with Gasteiger partial charge in [0, 0.05) is 54.4 Å². The van der Waals surface area contributed by atoms with Crippen LogP contribution in [0.15, 0.2) is 88.3 Å². The number of benzene rings is 1. The molecule has 0 unspecified atom stereocenters. The van der Waals surface area contributed by atoms with Crippen LogP contribution in [0.25, 0.3) is 0 Å². The lowest BCUT2D eigenvalue weighted by atomic mass is 9.89. The van der Waals surface area contributed by atoms with Gasteiger partial charge in [0.15, 0.2) is 17.6 Å². The maximum Gasteiger partial charge on any atom is 0.217 e. The minimum absolute atomic E-state index is 0.106. The van der Waals surface area contributed by atoms with Crippen LogP contribution in [-0.4, -0.2) is 28.3 Å². The first-order valence-electron chi connectivity index (χ1n) is 13.6. The molecule has 3 heterocycles. The molecule has 0 radical (unpaired) electrons. The highest BCUT2D eigenvalue weighted by Crippen LogP contribution is 2.39. The van der Waals surface area contributed by atoms with E-state index in [2.05, 4.69) is 10.3 Å². The summed E-state index contributed by atoms with van der Waals surface area (Å²) >= 11 is 6.53. The van der Waals surface area contributed by atoms with Crippen molar-refractivity contribution in [2.24, 2.45) is 0 Å². The number of halogens is 3. The van der Waals surface area contributed by atoms with E-state index in [1.807, 2.05) is 5.94 Å². The summed E-state index contributed by atoms with van der Waals surface area (Å²) in [5.74, 6) is 1.36. The lowest BCUT2D eigenvalue weighted by molar-refractivity contribution is -0.120. The second-order valence-electron chi connectivity index (χ2n) is 9.96. The number of hydrogen-bond donors (Lipinski definition) is 1. The Balaban J connectivity index is 1.72. The number of nitrogens with zero attached hydrogens (tertiary/aromatic N) is 3. The summed E-state index contributed by atoms with van der Waals surface area (Å²) in [4.78, 5) is 43.7. The molecule has 4 rings (SSSR count). The van der Waals surface area contributed by atoms with Gasteiger partial charge in [0.25, 0.3) is 0 Å². The topological polar surface area (TPSA) is 91.8 Å². The number of allylic oxidation sites excluding steroid dienone is 5. The van der Waals surface area contributed by atoms with Gasteiger partial charge in [-0.3, -0.25) is 9.69 Å². The van der Waals surface area contributed by atoms with Gasteiger partial charge in [-0.25, -0.2) is 23.4 Å². The number of aryl methyl sites for hydroxylation is 1. The molecule has 2 aliphatic rings. The Morgan fingerprint density at radius 2 is 1.90 bits per heavy atom. The van der Waals surface area contributed by atoms with Gasteiger partial charge >= 0.3 is 0 Å². The summed E-state index contributed by atoms with van der Waals surface area (Å²) in [6.07, 6.45) is 7.85. The molecule has 0 spiro atoms. The van der Waals surface area contributed by atoms with Crippen LogP contribution in [0.4, 0.5) is 20.3 Å². The number of pyridine rings is 1. The molecular formula is C31H27ClF2N4O4. The van der Waals surface area contributed by atoms with Crippen molar-refractivity contribution in [3.05, 3.63) is 111 Å². The van der Waals surface area contributed by atoms with E-state index in [9.17, 15) is 23.2 Å². The van der Waals surface area contributed by atoms with E-state index in [1.165, 1.54) is 29.0 Å². The van der Waals surface area contributed by atoms with E-state index in [0.29, 0.717) is 28.6 Å². The van der Waals surface area contributed by atoms with Crippen molar-refractivity contribution < 1.29 is 30.6 Å². The van der Waals surface area contributed by atoms with E-state index in [1.54, 1.807) is 58.1 Å². The number of aromatic nitrogens is 1. The first-order valence-corrected chi connectivity index (χ1v) is 13.0. The average Bonchev–Trinajstić information content (AvgIpc) is 2.93. The van der Waals surface area contributed by atoms with Gasteiger partial charge in [-0.2, -0.15) is 0 Å². The van der Waals surface area contributed by atoms with Crippen molar-refractivity contribution >= 4 is 40.9 Å². The Kier molecular flexibility index (Phi) is 7.84. The predicted octanol–water partition coefficient (Wildman–Crippen LogP) is 5.67. The van der Waals surface area contributed by atoms with E-state index in [4.69, 9.17) is 19.1 Å². The van der Waals surface area contributed by atoms with Crippen LogP contribution in [0, 0.1) is 18.6 Å². The minimum Gasteiger partial charge on any atom is -0.487 e. The molecule has 0 saturated heterocycles. The second kappa shape index (κ2) is 12.0. The summed E-state index contributed by atoms with van der Waals surface area (Å²) in [5, 5.41) is 2.50. The molecule has 0 bridgehead atoms. The van der Waals surface area contributed by atoms with Gasteiger partial charge in [0.05, 0.1) is 14.0 Å². The number of carbonyl (C=O) groups excluding carboxylic acids is 3. The number of hydrogen-bond acceptors (Lipinski definition) is 7. The molecular weight excluding hydrogens is 566 g/mol. The Hall–Kier alpha value is -4.75. The fourth-order valence-electron chi connectivity index (χ4n) is 4.56. The highest BCUT2D eigenvalue weighted by atomic mass is 35.5. The number of amides is 1. The molecule has 0 saturated carbocycles. The zero-order chi connectivity index (χ0) is 32.6. The van der Waals surface area contributed by atoms with Crippen LogP contribution in [-0.2, 0) is 25.7 Å². The van der Waals surface area contributed by atoms with Gasteiger partial charge in [0.2, 0.25) is 5.91 Å². The molecule has 1 N–H and O–H groups in total. The molecule has 2 aliphatic heterocycles. The van der Waals surface area contributed by atoms with Gasteiger partial charge in [-0.05, 0) is 51.5 Å². The van der Waals surface area contributed by atoms with Gasteiger partial charge < -0.3 is 15.0 Å². The van der Waals surface area contributed by atoms with Crippen LogP contribution < -0.4 is 15.1 Å². The number of carbonyl (C=O) groups is 1. The third kappa shape index (κ3) is 5.97. The van der Waals surface area contributed by atoms with Crippen molar-refractivity contribution in [1.29, 1.82) is 0 Å². The molecule has 0 aliphatic carbocycles. The molecule has 0 fully saturated rings. The fourth-order valence-corrected chi connectivity index (χ4v) is 4.77. The average molecular weight is 595 g/mol. The molecule has 216 valence electrons. The maximum absolute atomic E-state index is 14.4. The van der Waals surface area contributed by atoms with Crippen LogP contribution >= 0.6 is 11.6 Å². The monoisotopic (exact) mass is 594 g/mol. The van der Waals surface area contributed by atoms with Crippen molar-refractivity contribution in [3.63, 3.8) is 0 Å². The third-order valence-electron chi connectivity index (χ3n) is 6.44. The molecule has 1 aromatic heterocycles. The number of nitrogens with one attached hydrogen (secondary N) is 1. The Morgan fingerprint density at radius 3 is 2.55 bits per heavy atom. The summed E-state index contributed by atoms with van der Waals surface area (Å²) in [6, 6.07) is 3.93. The van der Waals surface area contributed by atoms with Crippen molar-refractivity contribution in [2.45, 2.75) is 46.7 Å². The molecule has 2 aromatic rings. The molecule has 1 aromatic carbocycles. The maximum atomic E-state index is 14.4. The van der Waals surface area contributed by atoms with Crippen LogP contribution in [0.3, 0.4) is 0 Å².